The molecular formula is C12H26N2O2S. The lowest BCUT2D eigenvalue weighted by atomic mass is 10.1. The number of sulfonamides is 1. The molecule has 1 N–H and O–H groups in total. The molecule has 1 fully saturated rings. The minimum Gasteiger partial charge on any atom is -0.313 e. The Morgan fingerprint density at radius 2 is 2.12 bits per heavy atom. The molecule has 1 saturated heterocycles. The summed E-state index contributed by atoms with van der Waals surface area (Å²) in [6, 6.07) is 0.339. The molecule has 0 bridgehead atoms. The fraction of sp³-hybridized carbons (Fsp3) is 1.00. The molecule has 0 radical (unpaired) electrons. The van der Waals surface area contributed by atoms with Crippen LogP contribution in [0.2, 0.25) is 0 Å². The predicted molar refractivity (Wildman–Crippen MR) is 71.5 cm³/mol. The van der Waals surface area contributed by atoms with Crippen molar-refractivity contribution in [2.45, 2.75) is 46.1 Å². The lowest BCUT2D eigenvalue weighted by Gasteiger charge is -2.32. The van der Waals surface area contributed by atoms with Gasteiger partial charge in [0, 0.05) is 19.1 Å². The van der Waals surface area contributed by atoms with Gasteiger partial charge in [-0.25, -0.2) is 12.7 Å². The van der Waals surface area contributed by atoms with Crippen LogP contribution < -0.4 is 5.32 Å². The number of nitrogens with one attached hydrogen (secondary N) is 1. The van der Waals surface area contributed by atoms with Crippen molar-refractivity contribution in [3.63, 3.8) is 0 Å². The molecule has 0 saturated carbocycles. The highest BCUT2D eigenvalue weighted by Crippen LogP contribution is 2.16. The minimum atomic E-state index is -3.05. The van der Waals surface area contributed by atoms with Crippen LogP contribution in [0.4, 0.5) is 0 Å². The van der Waals surface area contributed by atoms with E-state index in [1.54, 1.807) is 4.31 Å². The van der Waals surface area contributed by atoms with Gasteiger partial charge < -0.3 is 5.32 Å². The van der Waals surface area contributed by atoms with Crippen molar-refractivity contribution < 1.29 is 8.42 Å². The second-order valence-electron chi connectivity index (χ2n) is 5.32. The van der Waals surface area contributed by atoms with Gasteiger partial charge in [0.1, 0.15) is 0 Å². The summed E-state index contributed by atoms with van der Waals surface area (Å²) < 4.78 is 25.9. The molecule has 1 aliphatic rings. The monoisotopic (exact) mass is 262 g/mol. The van der Waals surface area contributed by atoms with Crippen LogP contribution in [-0.4, -0.2) is 44.2 Å². The van der Waals surface area contributed by atoms with Crippen molar-refractivity contribution in [1.82, 2.24) is 9.62 Å². The lowest BCUT2D eigenvalue weighted by molar-refractivity contribution is 0.283. The quantitative estimate of drug-likeness (QED) is 0.788. The third-order valence-electron chi connectivity index (χ3n) is 3.00. The molecule has 4 nitrogen and oxygen atoms in total. The van der Waals surface area contributed by atoms with Crippen molar-refractivity contribution in [2.75, 3.05) is 25.4 Å². The van der Waals surface area contributed by atoms with Crippen LogP contribution in [0.25, 0.3) is 0 Å². The van der Waals surface area contributed by atoms with Crippen molar-refractivity contribution in [1.29, 1.82) is 0 Å². The van der Waals surface area contributed by atoms with E-state index in [0.29, 0.717) is 19.1 Å². The van der Waals surface area contributed by atoms with E-state index in [4.69, 9.17) is 0 Å². The Bertz CT molecular complexity index is 314. The second kappa shape index (κ2) is 6.71. The van der Waals surface area contributed by atoms with Crippen molar-refractivity contribution in [3.05, 3.63) is 0 Å². The summed E-state index contributed by atoms with van der Waals surface area (Å²) in [5.74, 6) is 0.469. The molecular weight excluding hydrogens is 236 g/mol. The largest absolute Gasteiger partial charge is 0.313 e. The summed E-state index contributed by atoms with van der Waals surface area (Å²) in [7, 11) is -3.05. The van der Waals surface area contributed by atoms with Crippen molar-refractivity contribution in [2.24, 2.45) is 5.92 Å². The summed E-state index contributed by atoms with van der Waals surface area (Å²) in [6.07, 6.45) is 3.15. The van der Waals surface area contributed by atoms with Gasteiger partial charge in [-0.2, -0.15) is 0 Å². The minimum absolute atomic E-state index is 0.198. The number of nitrogens with zero attached hydrogens (tertiary/aromatic N) is 1. The van der Waals surface area contributed by atoms with E-state index < -0.39 is 10.0 Å². The Hall–Kier alpha value is -0.130. The van der Waals surface area contributed by atoms with Crippen LogP contribution >= 0.6 is 0 Å². The molecule has 0 aromatic carbocycles. The van der Waals surface area contributed by atoms with E-state index in [1.165, 1.54) is 0 Å². The normalized spacial score (nSPS) is 23.2. The maximum atomic E-state index is 12.1. The van der Waals surface area contributed by atoms with E-state index in [9.17, 15) is 8.42 Å². The smallest absolute Gasteiger partial charge is 0.214 e. The van der Waals surface area contributed by atoms with Gasteiger partial charge in [0.05, 0.1) is 5.75 Å². The first-order chi connectivity index (χ1) is 7.95. The van der Waals surface area contributed by atoms with E-state index in [-0.39, 0.29) is 11.7 Å². The Kier molecular flexibility index (Phi) is 5.89. The number of piperidine rings is 1. The molecule has 5 heteroatoms. The molecule has 102 valence electrons. The molecule has 1 aliphatic heterocycles. The maximum Gasteiger partial charge on any atom is 0.214 e. The first kappa shape index (κ1) is 14.9. The highest BCUT2D eigenvalue weighted by Gasteiger charge is 2.28. The van der Waals surface area contributed by atoms with Crippen LogP contribution in [0.3, 0.4) is 0 Å². The summed E-state index contributed by atoms with van der Waals surface area (Å²) in [5.41, 5.74) is 0. The van der Waals surface area contributed by atoms with Gasteiger partial charge in [0.2, 0.25) is 10.0 Å². The zero-order valence-corrected chi connectivity index (χ0v) is 12.1. The van der Waals surface area contributed by atoms with E-state index in [0.717, 1.165) is 25.8 Å². The standard InChI is InChI=1S/C12H26N2O2S/c1-4-7-13-12-6-5-8-14(9-12)17(15,16)10-11(2)3/h11-13H,4-10H2,1-3H3. The van der Waals surface area contributed by atoms with Gasteiger partial charge >= 0.3 is 0 Å². The molecule has 17 heavy (non-hydrogen) atoms. The third-order valence-corrected chi connectivity index (χ3v) is 5.21. The Morgan fingerprint density at radius 1 is 1.41 bits per heavy atom. The van der Waals surface area contributed by atoms with E-state index in [2.05, 4.69) is 12.2 Å². The molecule has 1 heterocycles. The van der Waals surface area contributed by atoms with Gasteiger partial charge in [-0.3, -0.25) is 0 Å². The SMILES string of the molecule is CCCNC1CCCN(S(=O)(=O)CC(C)C)C1. The lowest BCUT2D eigenvalue weighted by Crippen LogP contribution is -2.49. The fourth-order valence-corrected chi connectivity index (χ4v) is 4.10. The van der Waals surface area contributed by atoms with E-state index in [1.807, 2.05) is 13.8 Å². The average molecular weight is 262 g/mol. The number of hydrogen-bond acceptors (Lipinski definition) is 3. The zero-order valence-electron chi connectivity index (χ0n) is 11.3. The summed E-state index contributed by atoms with van der Waals surface area (Å²) in [5, 5.41) is 3.42. The highest BCUT2D eigenvalue weighted by atomic mass is 32.2. The summed E-state index contributed by atoms with van der Waals surface area (Å²) in [4.78, 5) is 0. The van der Waals surface area contributed by atoms with Crippen LogP contribution in [0.15, 0.2) is 0 Å². The molecule has 1 unspecified atom stereocenters. The van der Waals surface area contributed by atoms with Crippen molar-refractivity contribution in [3.8, 4) is 0 Å². The molecule has 0 aromatic rings. The molecule has 0 aliphatic carbocycles. The summed E-state index contributed by atoms with van der Waals surface area (Å²) >= 11 is 0. The first-order valence-electron chi connectivity index (χ1n) is 6.67. The van der Waals surface area contributed by atoms with Gasteiger partial charge in [0.15, 0.2) is 0 Å². The molecule has 1 atom stereocenters. The Balaban J connectivity index is 2.53. The fourth-order valence-electron chi connectivity index (χ4n) is 2.24. The maximum absolute atomic E-state index is 12.1. The van der Waals surface area contributed by atoms with Crippen molar-refractivity contribution >= 4 is 10.0 Å². The number of hydrogen-bond donors (Lipinski definition) is 1. The summed E-state index contributed by atoms with van der Waals surface area (Å²) in [6.45, 7) is 8.35. The van der Waals surface area contributed by atoms with E-state index >= 15 is 0 Å². The predicted octanol–water partition coefficient (Wildman–Crippen LogP) is 1.44. The molecule has 0 aromatic heterocycles. The third kappa shape index (κ3) is 4.94. The Labute approximate surface area is 106 Å². The van der Waals surface area contributed by atoms with Gasteiger partial charge in [-0.15, -0.1) is 0 Å². The highest BCUT2D eigenvalue weighted by molar-refractivity contribution is 7.89. The number of rotatable bonds is 6. The van der Waals surface area contributed by atoms with Crippen LogP contribution in [0.1, 0.15) is 40.0 Å². The van der Waals surface area contributed by atoms with Crippen LogP contribution in [0, 0.1) is 5.92 Å². The van der Waals surface area contributed by atoms with Crippen LogP contribution in [0.5, 0.6) is 0 Å². The Morgan fingerprint density at radius 3 is 2.71 bits per heavy atom. The molecule has 0 amide bonds. The van der Waals surface area contributed by atoms with Gasteiger partial charge in [0.25, 0.3) is 0 Å². The first-order valence-corrected chi connectivity index (χ1v) is 8.27. The zero-order chi connectivity index (χ0) is 12.9. The topological polar surface area (TPSA) is 49.4 Å². The van der Waals surface area contributed by atoms with Gasteiger partial charge in [-0.05, 0) is 31.7 Å². The molecule has 0 spiro atoms. The second-order valence-corrected chi connectivity index (χ2v) is 7.34. The van der Waals surface area contributed by atoms with Crippen LogP contribution in [-0.2, 0) is 10.0 Å². The van der Waals surface area contributed by atoms with Gasteiger partial charge in [-0.1, -0.05) is 20.8 Å². The average Bonchev–Trinajstić information content (AvgIpc) is 2.25. The molecule has 1 rings (SSSR count).